The molecule has 0 aliphatic carbocycles. The van der Waals surface area contributed by atoms with Gasteiger partial charge in [-0.2, -0.15) is 4.98 Å². The Morgan fingerprint density at radius 2 is 1.93 bits per heavy atom. The number of nitrogens with one attached hydrogen (secondary N) is 2. The minimum absolute atomic E-state index is 0.0319. The molecule has 1 amide bonds. The van der Waals surface area contributed by atoms with Gasteiger partial charge in [0.25, 0.3) is 0 Å². The van der Waals surface area contributed by atoms with E-state index in [0.29, 0.717) is 17.9 Å². The van der Waals surface area contributed by atoms with E-state index in [0.717, 1.165) is 16.6 Å². The van der Waals surface area contributed by atoms with E-state index in [-0.39, 0.29) is 35.9 Å². The Hall–Kier alpha value is -3.62. The van der Waals surface area contributed by atoms with Gasteiger partial charge in [0.05, 0.1) is 12.2 Å². The maximum absolute atomic E-state index is 12.5. The van der Waals surface area contributed by atoms with Gasteiger partial charge >= 0.3 is 5.69 Å². The van der Waals surface area contributed by atoms with Crippen LogP contribution in [0.5, 0.6) is 0 Å². The zero-order chi connectivity index (χ0) is 21.9. The summed E-state index contributed by atoms with van der Waals surface area (Å²) in [7, 11) is 0. The Morgan fingerprint density at radius 3 is 2.57 bits per heavy atom. The van der Waals surface area contributed by atoms with E-state index < -0.39 is 0 Å². The van der Waals surface area contributed by atoms with Crippen LogP contribution in [-0.4, -0.2) is 32.9 Å². The molecular weight excluding hydrogens is 382 g/mol. The molecule has 2 aromatic heterocycles. The van der Waals surface area contributed by atoms with Crippen LogP contribution in [0.3, 0.4) is 0 Å². The lowest BCUT2D eigenvalue weighted by atomic mass is 9.92. The summed E-state index contributed by atoms with van der Waals surface area (Å²) in [5, 5.41) is 3.68. The van der Waals surface area contributed by atoms with Gasteiger partial charge in [0.15, 0.2) is 5.96 Å². The Morgan fingerprint density at radius 1 is 1.23 bits per heavy atom. The molecule has 0 spiro atoms. The summed E-state index contributed by atoms with van der Waals surface area (Å²) in [4.78, 5) is 35.5. The summed E-state index contributed by atoms with van der Waals surface area (Å²) in [5.74, 6) is -0.173. The van der Waals surface area contributed by atoms with Crippen molar-refractivity contribution in [2.24, 2.45) is 16.5 Å². The highest BCUT2D eigenvalue weighted by atomic mass is 16.2. The number of carbonyl (C=O) groups is 1. The number of rotatable bonds is 6. The molecule has 0 aliphatic heterocycles. The molecule has 0 radical (unpaired) electrons. The average Bonchev–Trinajstić information content (AvgIpc) is 3.09. The van der Waals surface area contributed by atoms with Gasteiger partial charge in [-0.3, -0.25) is 14.4 Å². The lowest BCUT2D eigenvalue weighted by molar-refractivity contribution is -0.121. The number of amides is 1. The smallest absolute Gasteiger partial charge is 0.354 e. The fourth-order valence-corrected chi connectivity index (χ4v) is 2.93. The van der Waals surface area contributed by atoms with Crippen LogP contribution in [0, 0.1) is 0 Å². The number of aliphatic imine (C=N–C) groups is 1. The lowest BCUT2D eigenvalue weighted by Gasteiger charge is -2.15. The fourth-order valence-electron chi connectivity index (χ4n) is 2.93. The van der Waals surface area contributed by atoms with Gasteiger partial charge in [-0.05, 0) is 23.8 Å². The van der Waals surface area contributed by atoms with Gasteiger partial charge in [0, 0.05) is 35.7 Å². The van der Waals surface area contributed by atoms with Gasteiger partial charge in [-0.1, -0.05) is 32.9 Å². The quantitative estimate of drug-likeness (QED) is 0.358. The number of hydrogen-bond acceptors (Lipinski definition) is 4. The number of H-pyrrole nitrogens is 1. The molecule has 0 aliphatic rings. The number of benzene rings is 1. The first-order chi connectivity index (χ1) is 14.1. The third-order valence-corrected chi connectivity index (χ3v) is 4.65. The molecule has 2 heterocycles. The number of nitrogens with zero attached hydrogens (tertiary/aromatic N) is 3. The van der Waals surface area contributed by atoms with Gasteiger partial charge in [0.1, 0.15) is 5.65 Å². The summed E-state index contributed by atoms with van der Waals surface area (Å²) < 4.78 is 1.51. The summed E-state index contributed by atoms with van der Waals surface area (Å²) in [5.41, 5.74) is 13.3. The molecule has 1 aromatic carbocycles. The van der Waals surface area contributed by atoms with E-state index >= 15 is 0 Å². The molecule has 0 atom stereocenters. The normalized spacial score (nSPS) is 11.4. The highest BCUT2D eigenvalue weighted by Crippen LogP contribution is 2.24. The molecule has 9 heteroatoms. The predicted molar refractivity (Wildman–Crippen MR) is 118 cm³/mol. The third kappa shape index (κ3) is 5.05. The first-order valence-corrected chi connectivity index (χ1v) is 9.68. The minimum atomic E-state index is -0.356. The Kier molecular flexibility index (Phi) is 5.91. The molecule has 6 N–H and O–H groups in total. The standard InChI is InChI=1S/C21H27N7O2/c1-21(2,3)16-10-14-12-28(20(30)27-18(14)26-16)15-6-4-13(5-7-15)11-25-17(29)8-9-24-19(22)23/h4-7,10,12H,8-9,11H2,1-3H3,(H,25,29)(H4,22,23,24)(H,26,27,30). The van der Waals surface area contributed by atoms with Crippen LogP contribution >= 0.6 is 0 Å². The average molecular weight is 409 g/mol. The minimum Gasteiger partial charge on any atom is -0.370 e. The van der Waals surface area contributed by atoms with E-state index in [2.05, 4.69) is 41.0 Å². The first-order valence-electron chi connectivity index (χ1n) is 9.68. The molecule has 158 valence electrons. The van der Waals surface area contributed by atoms with Crippen molar-refractivity contribution >= 4 is 22.9 Å². The molecule has 0 saturated heterocycles. The Bertz CT molecular complexity index is 1130. The first kappa shape index (κ1) is 21.1. The number of carbonyl (C=O) groups excluding carboxylic acids is 1. The lowest BCUT2D eigenvalue weighted by Crippen LogP contribution is -2.26. The molecule has 0 unspecified atom stereocenters. The molecular formula is C21H27N7O2. The Balaban J connectivity index is 1.72. The van der Waals surface area contributed by atoms with Crippen LogP contribution in [0.2, 0.25) is 0 Å². The van der Waals surface area contributed by atoms with Crippen molar-refractivity contribution in [3.63, 3.8) is 0 Å². The number of hydrogen-bond donors (Lipinski definition) is 4. The third-order valence-electron chi connectivity index (χ3n) is 4.65. The fraction of sp³-hybridized carbons (Fsp3) is 0.333. The van der Waals surface area contributed by atoms with E-state index in [1.54, 1.807) is 6.20 Å². The number of guanidine groups is 1. The van der Waals surface area contributed by atoms with Crippen molar-refractivity contribution in [1.29, 1.82) is 0 Å². The molecule has 30 heavy (non-hydrogen) atoms. The van der Waals surface area contributed by atoms with Crippen LogP contribution in [0.4, 0.5) is 0 Å². The molecule has 0 bridgehead atoms. The maximum atomic E-state index is 12.5. The van der Waals surface area contributed by atoms with Gasteiger partial charge in [0.2, 0.25) is 5.91 Å². The van der Waals surface area contributed by atoms with Gasteiger partial charge in [-0.25, -0.2) is 4.79 Å². The van der Waals surface area contributed by atoms with Gasteiger partial charge < -0.3 is 21.8 Å². The largest absolute Gasteiger partial charge is 0.370 e. The van der Waals surface area contributed by atoms with Crippen LogP contribution in [-0.2, 0) is 16.8 Å². The number of nitrogens with two attached hydrogens (primary N) is 2. The van der Waals surface area contributed by atoms with E-state index in [4.69, 9.17) is 11.5 Å². The zero-order valence-corrected chi connectivity index (χ0v) is 17.4. The number of fused-ring (bicyclic) bond motifs is 1. The second-order valence-corrected chi connectivity index (χ2v) is 8.13. The second-order valence-electron chi connectivity index (χ2n) is 8.13. The molecule has 3 rings (SSSR count). The topological polar surface area (TPSA) is 144 Å². The van der Waals surface area contributed by atoms with Crippen LogP contribution in [0.25, 0.3) is 16.7 Å². The molecule has 9 nitrogen and oxygen atoms in total. The van der Waals surface area contributed by atoms with E-state index in [1.807, 2.05) is 30.3 Å². The monoisotopic (exact) mass is 409 g/mol. The van der Waals surface area contributed by atoms with Crippen molar-refractivity contribution in [3.8, 4) is 5.69 Å². The van der Waals surface area contributed by atoms with Crippen molar-refractivity contribution in [1.82, 2.24) is 19.9 Å². The van der Waals surface area contributed by atoms with Crippen molar-refractivity contribution in [2.45, 2.75) is 39.2 Å². The van der Waals surface area contributed by atoms with Gasteiger partial charge in [-0.15, -0.1) is 0 Å². The zero-order valence-electron chi connectivity index (χ0n) is 17.4. The number of aromatic nitrogens is 3. The highest BCUT2D eigenvalue weighted by molar-refractivity contribution is 5.78. The van der Waals surface area contributed by atoms with Crippen molar-refractivity contribution in [2.75, 3.05) is 6.54 Å². The molecule has 0 saturated carbocycles. The predicted octanol–water partition coefficient (Wildman–Crippen LogP) is 1.29. The summed E-state index contributed by atoms with van der Waals surface area (Å²) in [6.07, 6.45) is 2.00. The molecule has 0 fully saturated rings. The Labute approximate surface area is 174 Å². The van der Waals surface area contributed by atoms with Crippen LogP contribution in [0.15, 0.2) is 46.3 Å². The molecule has 3 aromatic rings. The van der Waals surface area contributed by atoms with E-state index in [9.17, 15) is 9.59 Å². The second kappa shape index (κ2) is 8.40. The van der Waals surface area contributed by atoms with Crippen molar-refractivity contribution in [3.05, 3.63) is 58.3 Å². The maximum Gasteiger partial charge on any atom is 0.354 e. The summed E-state index contributed by atoms with van der Waals surface area (Å²) in [6.45, 7) is 6.92. The van der Waals surface area contributed by atoms with Crippen molar-refractivity contribution < 1.29 is 4.79 Å². The number of aromatic amines is 1. The van der Waals surface area contributed by atoms with E-state index in [1.165, 1.54) is 4.57 Å². The van der Waals surface area contributed by atoms with Crippen LogP contribution in [0.1, 0.15) is 38.4 Å². The summed E-state index contributed by atoms with van der Waals surface area (Å²) in [6, 6.07) is 9.39. The summed E-state index contributed by atoms with van der Waals surface area (Å²) >= 11 is 0. The highest BCUT2D eigenvalue weighted by Gasteiger charge is 2.17. The van der Waals surface area contributed by atoms with Crippen LogP contribution < -0.4 is 22.5 Å². The SMILES string of the molecule is CC(C)(C)c1cc2cn(-c3ccc(CNC(=O)CCN=C(N)N)cc3)c(=O)nc2[nH]1.